The Morgan fingerprint density at radius 2 is 2.00 bits per heavy atom. The highest BCUT2D eigenvalue weighted by molar-refractivity contribution is 5.98. The molecular formula is C6H6F2O3. The lowest BCUT2D eigenvalue weighted by Gasteiger charge is -1.93. The van der Waals surface area contributed by atoms with Crippen LogP contribution in [0.3, 0.4) is 0 Å². The van der Waals surface area contributed by atoms with Crippen LogP contribution >= 0.6 is 0 Å². The molecule has 0 heterocycles. The smallest absolute Gasteiger partial charge is 0.310 e. The number of alkyl halides is 2. The summed E-state index contributed by atoms with van der Waals surface area (Å²) in [5.74, 6) is -6.49. The second kappa shape index (κ2) is 2.25. The number of carboxylic acid groups (broad SMARTS) is 1. The van der Waals surface area contributed by atoms with E-state index in [0.717, 1.165) is 0 Å². The summed E-state index contributed by atoms with van der Waals surface area (Å²) in [5.41, 5.74) is 0. The molecule has 1 saturated carbocycles. The molecule has 0 aromatic carbocycles. The van der Waals surface area contributed by atoms with Crippen molar-refractivity contribution in [2.75, 3.05) is 0 Å². The van der Waals surface area contributed by atoms with E-state index in [1.54, 1.807) is 0 Å². The van der Waals surface area contributed by atoms with Gasteiger partial charge in [-0.1, -0.05) is 0 Å². The van der Waals surface area contributed by atoms with E-state index in [0.29, 0.717) is 0 Å². The second-order valence-electron chi connectivity index (χ2n) is 2.55. The summed E-state index contributed by atoms with van der Waals surface area (Å²) in [5, 5.41) is 8.07. The first-order chi connectivity index (χ1) is 4.93. The van der Waals surface area contributed by atoms with Gasteiger partial charge in [0.15, 0.2) is 5.78 Å². The lowest BCUT2D eigenvalue weighted by Crippen LogP contribution is -2.12. The van der Waals surface area contributed by atoms with E-state index in [1.807, 2.05) is 0 Å². The highest BCUT2D eigenvalue weighted by atomic mass is 19.3. The van der Waals surface area contributed by atoms with Gasteiger partial charge in [-0.25, -0.2) is 8.78 Å². The van der Waals surface area contributed by atoms with Crippen molar-refractivity contribution in [3.63, 3.8) is 0 Å². The lowest BCUT2D eigenvalue weighted by atomic mass is 10.2. The van der Waals surface area contributed by atoms with Crippen molar-refractivity contribution in [3.05, 3.63) is 0 Å². The summed E-state index contributed by atoms with van der Waals surface area (Å²) in [4.78, 5) is 20.5. The van der Waals surface area contributed by atoms with Crippen molar-refractivity contribution in [3.8, 4) is 0 Å². The summed E-state index contributed by atoms with van der Waals surface area (Å²) in [6.07, 6.45) is -1.28. The third-order valence-corrected chi connectivity index (χ3v) is 1.54. The average molecular weight is 164 g/mol. The van der Waals surface area contributed by atoms with Crippen LogP contribution in [0.25, 0.3) is 0 Å². The van der Waals surface area contributed by atoms with Crippen LogP contribution in [0, 0.1) is 5.92 Å². The minimum absolute atomic E-state index is 0.487. The zero-order valence-electron chi connectivity index (χ0n) is 5.51. The van der Waals surface area contributed by atoms with E-state index in [2.05, 4.69) is 0 Å². The van der Waals surface area contributed by atoms with E-state index in [9.17, 15) is 18.4 Å². The summed E-state index contributed by atoms with van der Waals surface area (Å²) < 4.78 is 24.2. The molecule has 0 aliphatic heterocycles. The van der Waals surface area contributed by atoms with Gasteiger partial charge in [-0.15, -0.1) is 0 Å². The number of carbonyl (C=O) groups excluding carboxylic acids is 1. The quantitative estimate of drug-likeness (QED) is 0.624. The van der Waals surface area contributed by atoms with Gasteiger partial charge in [0.1, 0.15) is 6.42 Å². The zero-order chi connectivity index (χ0) is 8.65. The predicted molar refractivity (Wildman–Crippen MR) is 30.3 cm³/mol. The van der Waals surface area contributed by atoms with Crippen LogP contribution < -0.4 is 0 Å². The van der Waals surface area contributed by atoms with Gasteiger partial charge < -0.3 is 5.11 Å². The molecule has 5 heteroatoms. The molecule has 1 fully saturated rings. The van der Waals surface area contributed by atoms with E-state index in [4.69, 9.17) is 5.11 Å². The van der Waals surface area contributed by atoms with Gasteiger partial charge in [0.25, 0.3) is 5.92 Å². The van der Waals surface area contributed by atoms with Crippen molar-refractivity contribution < 1.29 is 23.5 Å². The molecule has 3 nitrogen and oxygen atoms in total. The maximum Gasteiger partial charge on any atom is 0.310 e. The molecule has 62 valence electrons. The molecule has 0 amide bonds. The molecule has 1 unspecified atom stereocenters. The van der Waals surface area contributed by atoms with Crippen LogP contribution in [-0.2, 0) is 9.59 Å². The molecular weight excluding hydrogens is 158 g/mol. The van der Waals surface area contributed by atoms with Crippen LogP contribution in [0.4, 0.5) is 8.78 Å². The molecule has 0 aromatic heterocycles. The number of hydrogen-bond donors (Lipinski definition) is 1. The molecule has 0 radical (unpaired) electrons. The Balaban J connectivity index is 2.40. The summed E-state index contributed by atoms with van der Waals surface area (Å²) >= 11 is 0. The van der Waals surface area contributed by atoms with Crippen molar-refractivity contribution in [2.24, 2.45) is 5.92 Å². The Labute approximate surface area is 61.0 Å². The highest BCUT2D eigenvalue weighted by Gasteiger charge is 2.60. The van der Waals surface area contributed by atoms with Crippen LogP contribution in [0.2, 0.25) is 0 Å². The number of aliphatic carboxylic acids is 1. The Kier molecular flexibility index (Phi) is 1.66. The second-order valence-corrected chi connectivity index (χ2v) is 2.55. The maximum atomic E-state index is 12.1. The summed E-state index contributed by atoms with van der Waals surface area (Å²) in [6, 6.07) is 0. The number of halogens is 2. The average Bonchev–Trinajstić information content (AvgIpc) is 2.38. The number of hydrogen-bond acceptors (Lipinski definition) is 2. The minimum Gasteiger partial charge on any atom is -0.481 e. The first kappa shape index (κ1) is 8.10. The lowest BCUT2D eigenvalue weighted by molar-refractivity contribution is -0.140. The SMILES string of the molecule is O=C(O)CC(=O)C1CC1(F)F. The molecule has 0 aromatic rings. The number of carbonyl (C=O) groups is 2. The van der Waals surface area contributed by atoms with Crippen molar-refractivity contribution in [2.45, 2.75) is 18.8 Å². The minimum atomic E-state index is -2.94. The standard InChI is InChI=1S/C6H6F2O3/c7-6(8)2-3(6)4(9)1-5(10)11/h3H,1-2H2,(H,10,11). The van der Waals surface area contributed by atoms with Gasteiger partial charge in [0, 0.05) is 6.42 Å². The Morgan fingerprint density at radius 3 is 2.27 bits per heavy atom. The molecule has 1 rings (SSSR count). The van der Waals surface area contributed by atoms with Gasteiger partial charge in [-0.05, 0) is 0 Å². The Morgan fingerprint density at radius 1 is 1.55 bits per heavy atom. The molecule has 0 bridgehead atoms. The van der Waals surface area contributed by atoms with Crippen molar-refractivity contribution in [1.29, 1.82) is 0 Å². The van der Waals surface area contributed by atoms with Gasteiger partial charge >= 0.3 is 5.97 Å². The number of Topliss-reactive ketones (excluding diaryl/α,β-unsaturated/α-hetero) is 1. The zero-order valence-corrected chi connectivity index (χ0v) is 5.51. The third-order valence-electron chi connectivity index (χ3n) is 1.54. The summed E-state index contributed by atoms with van der Waals surface area (Å²) in [7, 11) is 0. The number of ketones is 1. The largest absolute Gasteiger partial charge is 0.481 e. The van der Waals surface area contributed by atoms with Crippen LogP contribution in [0.15, 0.2) is 0 Å². The van der Waals surface area contributed by atoms with Gasteiger partial charge in [0.05, 0.1) is 5.92 Å². The van der Waals surface area contributed by atoms with E-state index in [1.165, 1.54) is 0 Å². The van der Waals surface area contributed by atoms with Crippen molar-refractivity contribution in [1.82, 2.24) is 0 Å². The van der Waals surface area contributed by atoms with Gasteiger partial charge in [-0.2, -0.15) is 0 Å². The molecule has 0 spiro atoms. The highest BCUT2D eigenvalue weighted by Crippen LogP contribution is 2.49. The van der Waals surface area contributed by atoms with E-state index >= 15 is 0 Å². The molecule has 1 N–H and O–H groups in total. The number of carboxylic acids is 1. The fourth-order valence-electron chi connectivity index (χ4n) is 0.835. The molecule has 1 aliphatic rings. The van der Waals surface area contributed by atoms with Crippen LogP contribution in [0.5, 0.6) is 0 Å². The maximum absolute atomic E-state index is 12.1. The van der Waals surface area contributed by atoms with E-state index in [-0.39, 0.29) is 0 Å². The molecule has 0 saturated heterocycles. The molecule has 11 heavy (non-hydrogen) atoms. The Hall–Kier alpha value is -1.00. The fourth-order valence-corrected chi connectivity index (χ4v) is 0.835. The normalized spacial score (nSPS) is 26.2. The number of rotatable bonds is 3. The van der Waals surface area contributed by atoms with Crippen LogP contribution in [0.1, 0.15) is 12.8 Å². The fraction of sp³-hybridized carbons (Fsp3) is 0.667. The predicted octanol–water partition coefficient (Wildman–Crippen LogP) is 0.685. The van der Waals surface area contributed by atoms with Gasteiger partial charge in [0.2, 0.25) is 0 Å². The molecule has 1 atom stereocenters. The first-order valence-electron chi connectivity index (χ1n) is 3.06. The molecule has 1 aliphatic carbocycles. The summed E-state index contributed by atoms with van der Waals surface area (Å²) in [6.45, 7) is 0. The van der Waals surface area contributed by atoms with Crippen molar-refractivity contribution >= 4 is 11.8 Å². The third kappa shape index (κ3) is 1.72. The van der Waals surface area contributed by atoms with Gasteiger partial charge in [-0.3, -0.25) is 9.59 Å². The van der Waals surface area contributed by atoms with E-state index < -0.39 is 36.4 Å². The monoisotopic (exact) mass is 164 g/mol. The topological polar surface area (TPSA) is 54.4 Å². The Bertz CT molecular complexity index is 212. The van der Waals surface area contributed by atoms with Crippen LogP contribution in [-0.4, -0.2) is 22.8 Å². The first-order valence-corrected chi connectivity index (χ1v) is 3.06.